The Kier molecular flexibility index (Phi) is 5.21. The summed E-state index contributed by atoms with van der Waals surface area (Å²) < 4.78 is 52.0. The second-order valence-electron chi connectivity index (χ2n) is 3.93. The summed E-state index contributed by atoms with van der Waals surface area (Å²) in [6.07, 6.45) is 0.498. The van der Waals surface area contributed by atoms with Crippen molar-refractivity contribution in [2.45, 2.75) is 18.2 Å². The number of sulfonamides is 1. The predicted octanol–water partition coefficient (Wildman–Crippen LogP) is 0.940. The molecule has 0 fully saturated rings. The van der Waals surface area contributed by atoms with Crippen LogP contribution in [0.4, 0.5) is 14.5 Å². The molecule has 1 rings (SSSR count). The Hall–Kier alpha value is -1.25. The fourth-order valence-corrected chi connectivity index (χ4v) is 3.20. The standard InChI is InChI=1S/C11H16F2N2O3S/c1-2-3-15(4-5-16)19(17,18)11-7-10(14)8(12)6-9(11)13/h6-7,16H,2-5,14H2,1H3. The number of aliphatic hydroxyl groups excluding tert-OH is 1. The topological polar surface area (TPSA) is 83.6 Å². The third-order valence-electron chi connectivity index (χ3n) is 2.49. The summed E-state index contributed by atoms with van der Waals surface area (Å²) in [7, 11) is -4.14. The lowest BCUT2D eigenvalue weighted by molar-refractivity contribution is 0.253. The second kappa shape index (κ2) is 6.27. The van der Waals surface area contributed by atoms with Gasteiger partial charge in [0.1, 0.15) is 16.5 Å². The van der Waals surface area contributed by atoms with Crippen molar-refractivity contribution in [3.63, 3.8) is 0 Å². The molecule has 0 saturated carbocycles. The first-order chi connectivity index (χ1) is 8.84. The van der Waals surface area contributed by atoms with Crippen molar-refractivity contribution in [2.75, 3.05) is 25.4 Å². The van der Waals surface area contributed by atoms with Crippen LogP contribution in [0, 0.1) is 11.6 Å². The van der Waals surface area contributed by atoms with Crippen LogP contribution in [0.15, 0.2) is 17.0 Å². The molecule has 3 N–H and O–H groups in total. The van der Waals surface area contributed by atoms with Crippen molar-refractivity contribution in [1.82, 2.24) is 4.31 Å². The summed E-state index contributed by atoms with van der Waals surface area (Å²) in [5.41, 5.74) is 4.82. The number of aliphatic hydroxyl groups is 1. The highest BCUT2D eigenvalue weighted by atomic mass is 32.2. The summed E-state index contributed by atoms with van der Waals surface area (Å²) in [4.78, 5) is -0.687. The van der Waals surface area contributed by atoms with Gasteiger partial charge in [0.2, 0.25) is 10.0 Å². The molecule has 19 heavy (non-hydrogen) atoms. The molecule has 0 aliphatic heterocycles. The smallest absolute Gasteiger partial charge is 0.246 e. The van der Waals surface area contributed by atoms with Crippen molar-refractivity contribution in [3.8, 4) is 0 Å². The number of hydrogen-bond donors (Lipinski definition) is 2. The van der Waals surface area contributed by atoms with Crippen molar-refractivity contribution in [3.05, 3.63) is 23.8 Å². The van der Waals surface area contributed by atoms with Crippen molar-refractivity contribution in [2.24, 2.45) is 0 Å². The highest BCUT2D eigenvalue weighted by Gasteiger charge is 2.27. The summed E-state index contributed by atoms with van der Waals surface area (Å²) in [6, 6.07) is 1.19. The van der Waals surface area contributed by atoms with E-state index in [9.17, 15) is 17.2 Å². The van der Waals surface area contributed by atoms with Crippen LogP contribution in [0.25, 0.3) is 0 Å². The highest BCUT2D eigenvalue weighted by molar-refractivity contribution is 7.89. The average Bonchev–Trinajstić information content (AvgIpc) is 2.33. The number of benzene rings is 1. The van der Waals surface area contributed by atoms with E-state index in [2.05, 4.69) is 0 Å². The Morgan fingerprint density at radius 3 is 2.42 bits per heavy atom. The molecule has 1 aromatic rings. The van der Waals surface area contributed by atoms with Crippen molar-refractivity contribution >= 4 is 15.7 Å². The Morgan fingerprint density at radius 1 is 1.26 bits per heavy atom. The molecule has 0 atom stereocenters. The minimum absolute atomic E-state index is 0.125. The summed E-state index contributed by atoms with van der Waals surface area (Å²) in [5, 5.41) is 8.86. The van der Waals surface area contributed by atoms with E-state index in [-0.39, 0.29) is 13.1 Å². The molecule has 0 bridgehead atoms. The first-order valence-electron chi connectivity index (χ1n) is 5.70. The predicted molar refractivity (Wildman–Crippen MR) is 66.9 cm³/mol. The lowest BCUT2D eigenvalue weighted by atomic mass is 10.3. The first-order valence-corrected chi connectivity index (χ1v) is 7.14. The lowest BCUT2D eigenvalue weighted by Gasteiger charge is -2.21. The Morgan fingerprint density at radius 2 is 1.89 bits per heavy atom. The third-order valence-corrected chi connectivity index (χ3v) is 4.41. The van der Waals surface area contributed by atoms with Gasteiger partial charge >= 0.3 is 0 Å². The molecule has 0 radical (unpaired) electrons. The second-order valence-corrected chi connectivity index (χ2v) is 5.84. The first kappa shape index (κ1) is 15.8. The third kappa shape index (κ3) is 3.40. The number of halogens is 2. The van der Waals surface area contributed by atoms with Gasteiger partial charge in [0.05, 0.1) is 12.3 Å². The van der Waals surface area contributed by atoms with Crippen LogP contribution >= 0.6 is 0 Å². The van der Waals surface area contributed by atoms with Crippen LogP contribution in [-0.4, -0.2) is 37.5 Å². The number of nitrogen functional groups attached to an aromatic ring is 1. The molecule has 0 aromatic heterocycles. The van der Waals surface area contributed by atoms with Gasteiger partial charge in [-0.05, 0) is 12.5 Å². The quantitative estimate of drug-likeness (QED) is 0.765. The van der Waals surface area contributed by atoms with Crippen molar-refractivity contribution in [1.29, 1.82) is 0 Å². The van der Waals surface area contributed by atoms with Gasteiger partial charge in [0.25, 0.3) is 0 Å². The fourth-order valence-electron chi connectivity index (χ4n) is 1.59. The number of nitrogens with zero attached hydrogens (tertiary/aromatic N) is 1. The van der Waals surface area contributed by atoms with Gasteiger partial charge in [-0.2, -0.15) is 4.31 Å². The van der Waals surface area contributed by atoms with E-state index in [1.807, 2.05) is 0 Å². The normalized spacial score (nSPS) is 12.1. The van der Waals surface area contributed by atoms with Gasteiger partial charge in [-0.3, -0.25) is 0 Å². The maximum Gasteiger partial charge on any atom is 0.246 e. The molecule has 1 aromatic carbocycles. The Bertz CT molecular complexity index is 543. The largest absolute Gasteiger partial charge is 0.396 e. The van der Waals surface area contributed by atoms with Gasteiger partial charge in [-0.25, -0.2) is 17.2 Å². The molecule has 8 heteroatoms. The molecule has 0 spiro atoms. The van der Waals surface area contributed by atoms with Gasteiger partial charge in [-0.15, -0.1) is 0 Å². The number of anilines is 1. The molecular weight excluding hydrogens is 278 g/mol. The molecule has 0 aliphatic rings. The maximum absolute atomic E-state index is 13.6. The molecule has 0 saturated heterocycles. The van der Waals surface area contributed by atoms with E-state index in [0.717, 1.165) is 10.4 Å². The molecule has 0 unspecified atom stereocenters. The van der Waals surface area contributed by atoms with E-state index in [1.165, 1.54) is 0 Å². The van der Waals surface area contributed by atoms with Gasteiger partial charge < -0.3 is 10.8 Å². The summed E-state index contributed by atoms with van der Waals surface area (Å²) >= 11 is 0. The van der Waals surface area contributed by atoms with Gasteiger partial charge in [-0.1, -0.05) is 6.92 Å². The minimum Gasteiger partial charge on any atom is -0.396 e. The van der Waals surface area contributed by atoms with E-state index in [1.54, 1.807) is 6.92 Å². The van der Waals surface area contributed by atoms with Crippen LogP contribution < -0.4 is 5.73 Å². The molecule has 0 aliphatic carbocycles. The summed E-state index contributed by atoms with van der Waals surface area (Å²) in [6.45, 7) is 1.32. The summed E-state index contributed by atoms with van der Waals surface area (Å²) in [5.74, 6) is -2.22. The zero-order chi connectivity index (χ0) is 14.6. The van der Waals surface area contributed by atoms with E-state index < -0.39 is 38.8 Å². The number of hydrogen-bond acceptors (Lipinski definition) is 4. The Balaban J connectivity index is 3.28. The van der Waals surface area contributed by atoms with Crippen LogP contribution in [0.3, 0.4) is 0 Å². The van der Waals surface area contributed by atoms with Crippen LogP contribution in [-0.2, 0) is 10.0 Å². The Labute approximate surface area is 110 Å². The minimum atomic E-state index is -4.14. The average molecular weight is 294 g/mol. The fraction of sp³-hybridized carbons (Fsp3) is 0.455. The zero-order valence-electron chi connectivity index (χ0n) is 10.4. The van der Waals surface area contributed by atoms with Crippen LogP contribution in [0.1, 0.15) is 13.3 Å². The van der Waals surface area contributed by atoms with Crippen molar-refractivity contribution < 1.29 is 22.3 Å². The molecular formula is C11H16F2N2O3S. The van der Waals surface area contributed by atoms with Crippen LogP contribution in [0.5, 0.6) is 0 Å². The SMILES string of the molecule is CCCN(CCO)S(=O)(=O)c1cc(N)c(F)cc1F. The number of rotatable bonds is 6. The van der Waals surface area contributed by atoms with E-state index in [4.69, 9.17) is 10.8 Å². The van der Waals surface area contributed by atoms with Crippen LogP contribution in [0.2, 0.25) is 0 Å². The zero-order valence-corrected chi connectivity index (χ0v) is 11.3. The monoisotopic (exact) mass is 294 g/mol. The van der Waals surface area contributed by atoms with E-state index >= 15 is 0 Å². The number of nitrogens with two attached hydrogens (primary N) is 1. The lowest BCUT2D eigenvalue weighted by Crippen LogP contribution is -2.34. The molecule has 0 heterocycles. The van der Waals surface area contributed by atoms with E-state index in [0.29, 0.717) is 12.5 Å². The highest BCUT2D eigenvalue weighted by Crippen LogP contribution is 2.24. The van der Waals surface area contributed by atoms with Gasteiger partial charge in [0.15, 0.2) is 0 Å². The maximum atomic E-state index is 13.6. The molecule has 5 nitrogen and oxygen atoms in total. The molecule has 108 valence electrons. The van der Waals surface area contributed by atoms with Gasteiger partial charge in [0, 0.05) is 19.2 Å². The molecule has 0 amide bonds.